The molecule has 84 valence electrons. The fourth-order valence-electron chi connectivity index (χ4n) is 2.58. The summed E-state index contributed by atoms with van der Waals surface area (Å²) in [4.78, 5) is 11.2. The Hall–Kier alpha value is -1.03. The molecule has 0 aliphatic heterocycles. The number of H-pyrrole nitrogens is 1. The van der Waals surface area contributed by atoms with Crippen LogP contribution in [0.5, 0.6) is 0 Å². The molecule has 0 amide bonds. The first-order chi connectivity index (χ1) is 7.20. The minimum absolute atomic E-state index is 0.00782. The highest BCUT2D eigenvalue weighted by Crippen LogP contribution is 2.34. The molecule has 1 aliphatic rings. The highest BCUT2D eigenvalue weighted by Gasteiger charge is 2.23. The second-order valence-electron chi connectivity index (χ2n) is 4.56. The zero-order chi connectivity index (χ0) is 10.8. The summed E-state index contributed by atoms with van der Waals surface area (Å²) >= 11 is 0. The summed E-state index contributed by atoms with van der Waals surface area (Å²) in [6.45, 7) is 0.804. The summed E-state index contributed by atoms with van der Waals surface area (Å²) in [5, 5.41) is 2.77. The molecule has 1 aliphatic carbocycles. The van der Waals surface area contributed by atoms with E-state index in [-0.39, 0.29) is 5.56 Å². The van der Waals surface area contributed by atoms with E-state index in [1.807, 2.05) is 11.7 Å². The van der Waals surface area contributed by atoms with Gasteiger partial charge < -0.3 is 5.73 Å². The molecule has 0 unspecified atom stereocenters. The van der Waals surface area contributed by atoms with Crippen molar-refractivity contribution in [3.8, 4) is 0 Å². The van der Waals surface area contributed by atoms with Gasteiger partial charge in [-0.25, -0.2) is 0 Å². The lowest BCUT2D eigenvalue weighted by Gasteiger charge is -2.27. The van der Waals surface area contributed by atoms with Crippen LogP contribution < -0.4 is 11.3 Å². The van der Waals surface area contributed by atoms with Crippen LogP contribution >= 0.6 is 0 Å². The average Bonchev–Trinajstić information content (AvgIpc) is 2.58. The maximum absolute atomic E-state index is 11.2. The van der Waals surface area contributed by atoms with E-state index in [1.165, 1.54) is 12.8 Å². The molecular weight excluding hydrogens is 190 g/mol. The molecule has 4 nitrogen and oxygen atoms in total. The third-order valence-corrected chi connectivity index (χ3v) is 3.54. The molecule has 0 bridgehead atoms. The lowest BCUT2D eigenvalue weighted by molar-refractivity contribution is 0.324. The van der Waals surface area contributed by atoms with Gasteiger partial charge >= 0.3 is 0 Å². The third-order valence-electron chi connectivity index (χ3n) is 3.54. The molecule has 1 saturated carbocycles. The van der Waals surface area contributed by atoms with Crippen LogP contribution in [0.15, 0.2) is 10.9 Å². The number of hydrogen-bond donors (Lipinski definition) is 2. The molecule has 0 radical (unpaired) electrons. The van der Waals surface area contributed by atoms with Gasteiger partial charge in [0.15, 0.2) is 0 Å². The van der Waals surface area contributed by atoms with Crippen LogP contribution in [0.3, 0.4) is 0 Å². The Bertz CT molecular complexity index is 371. The molecule has 1 fully saturated rings. The fraction of sp³-hybridized carbons (Fsp3) is 0.727. The van der Waals surface area contributed by atoms with Gasteiger partial charge in [0.2, 0.25) is 0 Å². The first-order valence-electron chi connectivity index (χ1n) is 5.66. The zero-order valence-electron chi connectivity index (χ0n) is 9.20. The Morgan fingerprint density at radius 3 is 2.60 bits per heavy atom. The second kappa shape index (κ2) is 4.23. The molecule has 3 N–H and O–H groups in total. The lowest BCUT2D eigenvalue weighted by atomic mass is 9.80. The summed E-state index contributed by atoms with van der Waals surface area (Å²) in [7, 11) is 1.91. The van der Waals surface area contributed by atoms with Gasteiger partial charge in [0.05, 0.1) is 0 Å². The highest BCUT2D eigenvalue weighted by molar-refractivity contribution is 5.08. The van der Waals surface area contributed by atoms with Crippen molar-refractivity contribution in [1.82, 2.24) is 9.78 Å². The van der Waals surface area contributed by atoms with E-state index in [0.29, 0.717) is 11.8 Å². The summed E-state index contributed by atoms with van der Waals surface area (Å²) in [5.41, 5.74) is 6.82. The highest BCUT2D eigenvalue weighted by atomic mass is 16.1. The molecule has 0 spiro atoms. The largest absolute Gasteiger partial charge is 0.330 e. The van der Waals surface area contributed by atoms with E-state index in [9.17, 15) is 4.79 Å². The maximum atomic E-state index is 11.2. The molecular formula is C11H19N3O. The van der Waals surface area contributed by atoms with Crippen LogP contribution in [0.4, 0.5) is 0 Å². The third kappa shape index (κ3) is 2.15. The standard InChI is InChI=1S/C11H19N3O/c1-14-10(6-11(15)13-14)9-4-2-8(7-12)3-5-9/h6,8-9H,2-5,7,12H2,1H3,(H,13,15). The Morgan fingerprint density at radius 2 is 2.13 bits per heavy atom. The molecule has 0 saturated heterocycles. The molecule has 4 heteroatoms. The molecule has 1 heterocycles. The number of nitrogens with two attached hydrogens (primary N) is 1. The van der Waals surface area contributed by atoms with Crippen LogP contribution in [0.1, 0.15) is 37.3 Å². The van der Waals surface area contributed by atoms with Crippen LogP contribution in [0.2, 0.25) is 0 Å². The van der Waals surface area contributed by atoms with Crippen LogP contribution in [-0.2, 0) is 7.05 Å². The Kier molecular flexibility index (Phi) is 2.95. The first kappa shape index (κ1) is 10.5. The minimum atomic E-state index is 0.00782. The minimum Gasteiger partial charge on any atom is -0.330 e. The smallest absolute Gasteiger partial charge is 0.264 e. The number of rotatable bonds is 2. The van der Waals surface area contributed by atoms with Crippen LogP contribution in [0, 0.1) is 5.92 Å². The van der Waals surface area contributed by atoms with Crippen LogP contribution in [-0.4, -0.2) is 16.3 Å². The Balaban J connectivity index is 2.07. The van der Waals surface area contributed by atoms with E-state index in [2.05, 4.69) is 5.10 Å². The predicted molar refractivity (Wildman–Crippen MR) is 59.8 cm³/mol. The van der Waals surface area contributed by atoms with Gasteiger partial charge in [0, 0.05) is 24.7 Å². The van der Waals surface area contributed by atoms with Gasteiger partial charge in [-0.1, -0.05) is 0 Å². The number of aromatic amines is 1. The van der Waals surface area contributed by atoms with Crippen molar-refractivity contribution in [1.29, 1.82) is 0 Å². The van der Waals surface area contributed by atoms with Gasteiger partial charge in [-0.15, -0.1) is 0 Å². The topological polar surface area (TPSA) is 63.8 Å². The number of nitrogens with one attached hydrogen (secondary N) is 1. The molecule has 2 rings (SSSR count). The van der Waals surface area contributed by atoms with Crippen LogP contribution in [0.25, 0.3) is 0 Å². The van der Waals surface area contributed by atoms with E-state index < -0.39 is 0 Å². The Morgan fingerprint density at radius 1 is 1.47 bits per heavy atom. The molecule has 1 aromatic heterocycles. The van der Waals surface area contributed by atoms with Gasteiger partial charge in [0.1, 0.15) is 0 Å². The van der Waals surface area contributed by atoms with Gasteiger partial charge in [0.25, 0.3) is 5.56 Å². The lowest BCUT2D eigenvalue weighted by Crippen LogP contribution is -2.21. The second-order valence-corrected chi connectivity index (χ2v) is 4.56. The van der Waals surface area contributed by atoms with E-state index >= 15 is 0 Å². The SMILES string of the molecule is Cn1[nH]c(=O)cc1C1CCC(CN)CC1. The quantitative estimate of drug-likeness (QED) is 0.761. The van der Waals surface area contributed by atoms with E-state index in [0.717, 1.165) is 25.1 Å². The van der Waals surface area contributed by atoms with Gasteiger partial charge in [-0.2, -0.15) is 0 Å². The summed E-state index contributed by atoms with van der Waals surface area (Å²) in [6, 6.07) is 1.73. The van der Waals surface area contributed by atoms with E-state index in [4.69, 9.17) is 5.73 Å². The molecule has 0 aromatic carbocycles. The van der Waals surface area contributed by atoms with Gasteiger partial charge in [-0.05, 0) is 38.1 Å². The number of aromatic nitrogens is 2. The van der Waals surface area contributed by atoms with Crippen molar-refractivity contribution in [2.24, 2.45) is 18.7 Å². The predicted octanol–water partition coefficient (Wildman–Crippen LogP) is 0.946. The molecule has 0 atom stereocenters. The van der Waals surface area contributed by atoms with E-state index in [1.54, 1.807) is 6.07 Å². The monoisotopic (exact) mass is 209 g/mol. The van der Waals surface area contributed by atoms with Crippen molar-refractivity contribution in [3.05, 3.63) is 22.1 Å². The maximum Gasteiger partial charge on any atom is 0.264 e. The van der Waals surface area contributed by atoms with Crippen molar-refractivity contribution in [2.45, 2.75) is 31.6 Å². The molecule has 1 aromatic rings. The summed E-state index contributed by atoms with van der Waals surface area (Å²) in [6.07, 6.45) is 4.71. The van der Waals surface area contributed by atoms with Crippen molar-refractivity contribution < 1.29 is 0 Å². The van der Waals surface area contributed by atoms with Crippen molar-refractivity contribution >= 4 is 0 Å². The first-order valence-corrected chi connectivity index (χ1v) is 5.66. The number of nitrogens with zero attached hydrogens (tertiary/aromatic N) is 1. The summed E-state index contributed by atoms with van der Waals surface area (Å²) in [5.74, 6) is 1.23. The number of aryl methyl sites for hydroxylation is 1. The average molecular weight is 209 g/mol. The van der Waals surface area contributed by atoms with Crippen molar-refractivity contribution in [3.63, 3.8) is 0 Å². The zero-order valence-corrected chi connectivity index (χ0v) is 9.20. The molecule has 15 heavy (non-hydrogen) atoms. The van der Waals surface area contributed by atoms with Crippen molar-refractivity contribution in [2.75, 3.05) is 6.54 Å². The van der Waals surface area contributed by atoms with Gasteiger partial charge in [-0.3, -0.25) is 14.6 Å². The number of hydrogen-bond acceptors (Lipinski definition) is 2. The fourth-order valence-corrected chi connectivity index (χ4v) is 2.58. The summed E-state index contributed by atoms with van der Waals surface area (Å²) < 4.78 is 1.86. The Labute approximate surface area is 89.5 Å². The normalized spacial score (nSPS) is 26.8.